The summed E-state index contributed by atoms with van der Waals surface area (Å²) in [5.74, 6) is 0.108. The number of nitrogens with one attached hydrogen (secondary N) is 1. The summed E-state index contributed by atoms with van der Waals surface area (Å²) in [5.41, 5.74) is 0. The summed E-state index contributed by atoms with van der Waals surface area (Å²) < 4.78 is 1.55. The second-order valence-corrected chi connectivity index (χ2v) is 2.51. The Morgan fingerprint density at radius 2 is 2.50 bits per heavy atom. The molecule has 0 aromatic heterocycles. The van der Waals surface area contributed by atoms with Gasteiger partial charge in [-0.05, 0) is 0 Å². The first kappa shape index (κ1) is 6.04. The fraction of sp³-hybridized carbons (Fsp3) is 0.750. The number of halogens is 1. The van der Waals surface area contributed by atoms with Crippen LogP contribution >= 0.6 is 16.1 Å². The molecule has 1 aliphatic heterocycles. The van der Waals surface area contributed by atoms with Gasteiger partial charge in [-0.3, -0.25) is 8.72 Å². The monoisotopic (exact) mass is 178 g/mol. The number of rotatable bonds is 0. The van der Waals surface area contributed by atoms with Crippen molar-refractivity contribution in [1.82, 2.24) is 9.24 Å². The summed E-state index contributed by atoms with van der Waals surface area (Å²) in [7, 11) is 0. The molecule has 0 aromatic rings. The molecule has 0 aromatic carbocycles. The van der Waals surface area contributed by atoms with Gasteiger partial charge in [-0.1, -0.05) is 0 Å². The lowest BCUT2D eigenvalue weighted by Gasteiger charge is -2.19. The topological polar surface area (TPSA) is 32.3 Å². The minimum absolute atomic E-state index is 0.108. The lowest BCUT2D eigenvalue weighted by molar-refractivity contribution is -0.126. The summed E-state index contributed by atoms with van der Waals surface area (Å²) >= 11 is 3.10. The van der Waals surface area contributed by atoms with E-state index in [2.05, 4.69) is 21.5 Å². The van der Waals surface area contributed by atoms with Gasteiger partial charge in [-0.25, -0.2) is 0 Å². The molecule has 0 bridgehead atoms. The highest BCUT2D eigenvalue weighted by atomic mass is 79.9. The Bertz CT molecular complexity index is 106. The summed E-state index contributed by atoms with van der Waals surface area (Å²) in [6, 6.07) is 0. The number of carbonyl (C=O) groups is 1. The summed E-state index contributed by atoms with van der Waals surface area (Å²) in [4.78, 5) is 10.6. The number of nitrogens with zero attached hydrogens (tertiary/aromatic N) is 1. The van der Waals surface area contributed by atoms with Gasteiger partial charge in [0.1, 0.15) is 0 Å². The van der Waals surface area contributed by atoms with Gasteiger partial charge in [-0.2, -0.15) is 0 Å². The van der Waals surface area contributed by atoms with Crippen LogP contribution in [0.5, 0.6) is 0 Å². The molecule has 0 aliphatic carbocycles. The fourth-order valence-electron chi connectivity index (χ4n) is 0.583. The fourth-order valence-corrected chi connectivity index (χ4v) is 0.886. The zero-order valence-electron chi connectivity index (χ0n) is 4.35. The molecule has 1 rings (SSSR count). The molecule has 1 amide bonds. The molecular weight excluding hydrogens is 172 g/mol. The average Bonchev–Trinajstić information content (AvgIpc) is 1.77. The number of amides is 1. The van der Waals surface area contributed by atoms with Crippen LogP contribution in [0, 0.1) is 0 Å². The number of hydrogen-bond acceptors (Lipinski definition) is 2. The van der Waals surface area contributed by atoms with Gasteiger partial charge in [-0.15, -0.1) is 0 Å². The minimum atomic E-state index is 0.108. The highest BCUT2D eigenvalue weighted by molar-refractivity contribution is 9.07. The summed E-state index contributed by atoms with van der Waals surface area (Å²) in [5, 5.41) is 2.94. The van der Waals surface area contributed by atoms with E-state index in [4.69, 9.17) is 0 Å². The van der Waals surface area contributed by atoms with Gasteiger partial charge in [0.25, 0.3) is 0 Å². The molecule has 0 atom stereocenters. The van der Waals surface area contributed by atoms with Crippen molar-refractivity contribution in [3.63, 3.8) is 0 Å². The number of hydrogen-bond donors (Lipinski definition) is 1. The lowest BCUT2D eigenvalue weighted by Crippen LogP contribution is -2.42. The zero-order chi connectivity index (χ0) is 5.98. The average molecular weight is 179 g/mol. The smallest absolute Gasteiger partial charge is 0.246 e. The minimum Gasteiger partial charge on any atom is -0.307 e. The Kier molecular flexibility index (Phi) is 1.85. The third-order valence-electron chi connectivity index (χ3n) is 1.03. The van der Waals surface area contributed by atoms with E-state index < -0.39 is 0 Å². The van der Waals surface area contributed by atoms with E-state index >= 15 is 0 Å². The quantitative estimate of drug-likeness (QED) is 0.519. The Morgan fingerprint density at radius 3 is 2.88 bits per heavy atom. The predicted molar refractivity (Wildman–Crippen MR) is 33.5 cm³/mol. The van der Waals surface area contributed by atoms with Gasteiger partial charge in [0.15, 0.2) is 0 Å². The second kappa shape index (κ2) is 2.46. The SMILES string of the molecule is O=C1CNCCN1Br. The Labute approximate surface area is 56.4 Å². The summed E-state index contributed by atoms with van der Waals surface area (Å²) in [6.45, 7) is 2.11. The van der Waals surface area contributed by atoms with Crippen LogP contribution in [0.15, 0.2) is 0 Å². The number of carbonyl (C=O) groups excluding carboxylic acids is 1. The molecule has 1 fully saturated rings. The molecule has 0 spiro atoms. The maximum absolute atomic E-state index is 10.6. The molecule has 1 saturated heterocycles. The molecule has 0 unspecified atom stereocenters. The van der Waals surface area contributed by atoms with Crippen LogP contribution in [0.25, 0.3) is 0 Å². The molecule has 1 aliphatic rings. The first-order chi connectivity index (χ1) is 3.80. The van der Waals surface area contributed by atoms with Crippen molar-refractivity contribution in [3.05, 3.63) is 0 Å². The van der Waals surface area contributed by atoms with E-state index in [9.17, 15) is 4.79 Å². The van der Waals surface area contributed by atoms with E-state index in [1.165, 1.54) is 0 Å². The van der Waals surface area contributed by atoms with E-state index in [0.29, 0.717) is 6.54 Å². The molecule has 46 valence electrons. The summed E-state index contributed by atoms with van der Waals surface area (Å²) in [6.07, 6.45) is 0. The number of piperazine rings is 1. The normalized spacial score (nSPS) is 21.6. The van der Waals surface area contributed by atoms with Crippen LogP contribution in [0.1, 0.15) is 0 Å². The third kappa shape index (κ3) is 1.20. The van der Waals surface area contributed by atoms with Crippen LogP contribution in [-0.4, -0.2) is 29.5 Å². The Morgan fingerprint density at radius 1 is 1.75 bits per heavy atom. The van der Waals surface area contributed by atoms with E-state index in [0.717, 1.165) is 13.1 Å². The molecule has 8 heavy (non-hydrogen) atoms. The zero-order valence-corrected chi connectivity index (χ0v) is 5.94. The van der Waals surface area contributed by atoms with Crippen LogP contribution in [-0.2, 0) is 4.79 Å². The molecule has 3 nitrogen and oxygen atoms in total. The van der Waals surface area contributed by atoms with E-state index in [-0.39, 0.29) is 5.91 Å². The van der Waals surface area contributed by atoms with Gasteiger partial charge in [0.05, 0.1) is 22.7 Å². The molecular formula is C4H7BrN2O. The molecule has 4 heteroatoms. The maximum atomic E-state index is 10.6. The predicted octanol–water partition coefficient (Wildman–Crippen LogP) is -0.272. The highest BCUT2D eigenvalue weighted by Crippen LogP contribution is 1.99. The van der Waals surface area contributed by atoms with Crippen LogP contribution < -0.4 is 5.32 Å². The first-order valence-corrected chi connectivity index (χ1v) is 3.18. The van der Waals surface area contributed by atoms with Gasteiger partial charge in [0, 0.05) is 13.1 Å². The molecule has 0 radical (unpaired) electrons. The third-order valence-corrected chi connectivity index (χ3v) is 1.78. The lowest BCUT2D eigenvalue weighted by atomic mass is 10.4. The van der Waals surface area contributed by atoms with Gasteiger partial charge < -0.3 is 5.32 Å². The van der Waals surface area contributed by atoms with E-state index in [1.54, 1.807) is 3.93 Å². The standard InChI is InChI=1S/C4H7BrN2O/c5-7-2-1-6-3-4(7)8/h6H,1-3H2. The highest BCUT2D eigenvalue weighted by Gasteiger charge is 2.13. The van der Waals surface area contributed by atoms with Crippen molar-refractivity contribution >= 4 is 22.1 Å². The van der Waals surface area contributed by atoms with Crippen LogP contribution in [0.2, 0.25) is 0 Å². The van der Waals surface area contributed by atoms with Crippen molar-refractivity contribution in [1.29, 1.82) is 0 Å². The first-order valence-electron chi connectivity index (χ1n) is 2.47. The molecule has 0 saturated carbocycles. The van der Waals surface area contributed by atoms with Crippen molar-refractivity contribution in [2.45, 2.75) is 0 Å². The maximum Gasteiger partial charge on any atom is 0.246 e. The van der Waals surface area contributed by atoms with Crippen LogP contribution in [0.3, 0.4) is 0 Å². The van der Waals surface area contributed by atoms with E-state index in [1.807, 2.05) is 0 Å². The largest absolute Gasteiger partial charge is 0.307 e. The van der Waals surface area contributed by atoms with Gasteiger partial charge in [0.2, 0.25) is 5.91 Å². The van der Waals surface area contributed by atoms with Gasteiger partial charge >= 0.3 is 0 Å². The molecule has 1 heterocycles. The molecule has 1 N–H and O–H groups in total. The van der Waals surface area contributed by atoms with Crippen molar-refractivity contribution in [2.75, 3.05) is 19.6 Å². The van der Waals surface area contributed by atoms with Crippen molar-refractivity contribution in [2.24, 2.45) is 0 Å². The van der Waals surface area contributed by atoms with Crippen molar-refractivity contribution < 1.29 is 4.79 Å². The Hall–Kier alpha value is -0.0900. The van der Waals surface area contributed by atoms with Crippen LogP contribution in [0.4, 0.5) is 0 Å². The Balaban J connectivity index is 2.39. The second-order valence-electron chi connectivity index (χ2n) is 1.66. The van der Waals surface area contributed by atoms with Crippen molar-refractivity contribution in [3.8, 4) is 0 Å².